The van der Waals surface area contributed by atoms with Gasteiger partial charge < -0.3 is 30.3 Å². The molecule has 0 bridgehead atoms. The number of hydrogen-bond donors (Lipinski definition) is 5. The minimum absolute atomic E-state index is 0.0250. The normalized spacial score (nSPS) is 41.6. The summed E-state index contributed by atoms with van der Waals surface area (Å²) in [4.78, 5) is 0. The number of hydrogen-bond acceptors (Lipinski definition) is 6. The van der Waals surface area contributed by atoms with Crippen LogP contribution in [0, 0.1) is 11.3 Å². The Morgan fingerprint density at radius 1 is 1.36 bits per heavy atom. The minimum Gasteiger partial charge on any atom is -0.393 e. The fraction of sp³-hybridized carbons (Fsp3) is 0.636. The van der Waals surface area contributed by atoms with Gasteiger partial charge in [0.1, 0.15) is 24.4 Å². The summed E-state index contributed by atoms with van der Waals surface area (Å²) in [5.74, 6) is 0.0250. The van der Waals surface area contributed by atoms with Crippen molar-refractivity contribution in [2.24, 2.45) is 11.3 Å². The van der Waals surface area contributed by atoms with E-state index in [2.05, 4.69) is 6.58 Å². The van der Waals surface area contributed by atoms with Gasteiger partial charge in [-0.25, -0.2) is 0 Å². The molecular weight excluding hydrogens is 360 g/mol. The quantitative estimate of drug-likeness (QED) is 0.271. The van der Waals surface area contributed by atoms with Crippen molar-refractivity contribution in [1.82, 2.24) is 0 Å². The van der Waals surface area contributed by atoms with Crippen LogP contribution in [0.2, 0.25) is 0 Å². The molecule has 0 amide bonds. The first-order valence-electron chi connectivity index (χ1n) is 9.81. The molecule has 6 heteroatoms. The molecule has 156 valence electrons. The van der Waals surface area contributed by atoms with Crippen LogP contribution < -0.4 is 0 Å². The summed E-state index contributed by atoms with van der Waals surface area (Å²) in [5.41, 5.74) is 0.561. The van der Waals surface area contributed by atoms with E-state index in [9.17, 15) is 25.5 Å². The fourth-order valence-electron chi connectivity index (χ4n) is 4.57. The van der Waals surface area contributed by atoms with Crippen LogP contribution in [0.3, 0.4) is 0 Å². The Kier molecular flexibility index (Phi) is 5.75. The lowest BCUT2D eigenvalue weighted by Crippen LogP contribution is -2.48. The topological polar surface area (TPSA) is 114 Å². The van der Waals surface area contributed by atoms with Crippen LogP contribution in [-0.2, 0) is 4.74 Å². The molecule has 5 N–H and O–H groups in total. The molecular formula is C22H32O6. The molecule has 1 heterocycles. The largest absolute Gasteiger partial charge is 0.393 e. The van der Waals surface area contributed by atoms with E-state index in [4.69, 9.17) is 4.74 Å². The van der Waals surface area contributed by atoms with E-state index in [-0.39, 0.29) is 17.9 Å². The molecule has 1 aliphatic heterocycles. The maximum Gasteiger partial charge on any atom is 0.156 e. The lowest BCUT2D eigenvalue weighted by molar-refractivity contribution is 0.00704. The van der Waals surface area contributed by atoms with Gasteiger partial charge in [0.25, 0.3) is 0 Å². The van der Waals surface area contributed by atoms with E-state index in [1.54, 1.807) is 6.08 Å². The van der Waals surface area contributed by atoms with Crippen LogP contribution in [0.5, 0.6) is 0 Å². The summed E-state index contributed by atoms with van der Waals surface area (Å²) in [6, 6.07) is 0. The van der Waals surface area contributed by atoms with Crippen LogP contribution in [0.4, 0.5) is 0 Å². The highest BCUT2D eigenvalue weighted by atomic mass is 16.6. The number of aliphatic hydroxyl groups is 5. The number of ether oxygens (including phenoxy) is 1. The molecule has 2 fully saturated rings. The van der Waals surface area contributed by atoms with Crippen LogP contribution in [0.25, 0.3) is 0 Å². The highest BCUT2D eigenvalue weighted by Crippen LogP contribution is 2.50. The maximum absolute atomic E-state index is 10.7. The molecule has 1 saturated heterocycles. The third-order valence-electron chi connectivity index (χ3n) is 6.68. The molecule has 1 saturated carbocycles. The monoisotopic (exact) mass is 392 g/mol. The van der Waals surface area contributed by atoms with Gasteiger partial charge in [-0.05, 0) is 31.4 Å². The van der Waals surface area contributed by atoms with Crippen molar-refractivity contribution >= 4 is 0 Å². The molecule has 0 aromatic carbocycles. The molecule has 7 atom stereocenters. The summed E-state index contributed by atoms with van der Waals surface area (Å²) in [6.45, 7) is 9.67. The average Bonchev–Trinajstić information content (AvgIpc) is 3.39. The van der Waals surface area contributed by atoms with Crippen LogP contribution in [0.1, 0.15) is 33.6 Å². The molecule has 28 heavy (non-hydrogen) atoms. The van der Waals surface area contributed by atoms with Crippen molar-refractivity contribution in [2.45, 2.75) is 69.7 Å². The molecule has 6 nitrogen and oxygen atoms in total. The van der Waals surface area contributed by atoms with E-state index < -0.39 is 36.1 Å². The zero-order valence-corrected chi connectivity index (χ0v) is 16.7. The summed E-state index contributed by atoms with van der Waals surface area (Å²) in [7, 11) is 0. The van der Waals surface area contributed by atoms with Crippen molar-refractivity contribution in [3.63, 3.8) is 0 Å². The summed E-state index contributed by atoms with van der Waals surface area (Å²) in [5, 5.41) is 50.8. The van der Waals surface area contributed by atoms with Crippen molar-refractivity contribution in [3.05, 3.63) is 47.6 Å². The van der Waals surface area contributed by atoms with Gasteiger partial charge in [-0.2, -0.15) is 0 Å². The van der Waals surface area contributed by atoms with Gasteiger partial charge in [-0.3, -0.25) is 0 Å². The zero-order valence-electron chi connectivity index (χ0n) is 16.7. The van der Waals surface area contributed by atoms with Crippen molar-refractivity contribution in [1.29, 1.82) is 0 Å². The highest BCUT2D eigenvalue weighted by Gasteiger charge is 2.69. The molecule has 0 unspecified atom stereocenters. The molecule has 0 aromatic heterocycles. The second-order valence-electron chi connectivity index (χ2n) is 8.91. The third-order valence-corrected chi connectivity index (χ3v) is 6.68. The smallest absolute Gasteiger partial charge is 0.156 e. The predicted molar refractivity (Wildman–Crippen MR) is 105 cm³/mol. The van der Waals surface area contributed by atoms with Gasteiger partial charge in [0.15, 0.2) is 5.60 Å². The van der Waals surface area contributed by atoms with Gasteiger partial charge >= 0.3 is 0 Å². The maximum atomic E-state index is 10.7. The molecule has 0 aromatic rings. The van der Waals surface area contributed by atoms with Crippen molar-refractivity contribution in [2.75, 3.05) is 6.61 Å². The molecule has 0 spiro atoms. The second kappa shape index (κ2) is 7.52. The lowest BCUT2D eigenvalue weighted by Gasteiger charge is -2.42. The van der Waals surface area contributed by atoms with E-state index >= 15 is 0 Å². The highest BCUT2D eigenvalue weighted by molar-refractivity contribution is 5.36. The van der Waals surface area contributed by atoms with E-state index in [0.717, 1.165) is 17.6 Å². The van der Waals surface area contributed by atoms with Gasteiger partial charge in [-0.1, -0.05) is 49.8 Å². The third kappa shape index (κ3) is 3.43. The Bertz CT molecular complexity index is 721. The Morgan fingerprint density at radius 3 is 2.68 bits per heavy atom. The van der Waals surface area contributed by atoms with Gasteiger partial charge in [-0.15, -0.1) is 0 Å². The molecule has 3 aliphatic rings. The van der Waals surface area contributed by atoms with Crippen molar-refractivity contribution < 1.29 is 30.3 Å². The fourth-order valence-corrected chi connectivity index (χ4v) is 4.57. The van der Waals surface area contributed by atoms with Gasteiger partial charge in [0, 0.05) is 11.3 Å². The minimum atomic E-state index is -1.28. The average molecular weight is 392 g/mol. The Morgan fingerprint density at radius 2 is 2.04 bits per heavy atom. The zero-order chi connectivity index (χ0) is 20.9. The first kappa shape index (κ1) is 21.4. The number of rotatable bonds is 5. The SMILES string of the molecule is C=C1CC[C@@H](O)C(C)(C)[C@H]1/C=C/C(C)=C\[C@H](O)[C@]12O[C@H]1[C@H](O)C(CO)=C[C@@H]2O. The Labute approximate surface area is 166 Å². The van der Waals surface area contributed by atoms with Crippen LogP contribution in [-0.4, -0.2) is 68.3 Å². The van der Waals surface area contributed by atoms with Crippen molar-refractivity contribution in [3.8, 4) is 0 Å². The first-order chi connectivity index (χ1) is 13.1. The predicted octanol–water partition coefficient (Wildman–Crippen LogP) is 0.995. The molecule has 2 aliphatic carbocycles. The first-order valence-corrected chi connectivity index (χ1v) is 9.81. The van der Waals surface area contributed by atoms with E-state index in [0.29, 0.717) is 12.0 Å². The van der Waals surface area contributed by atoms with Gasteiger partial charge in [0.05, 0.1) is 12.7 Å². The second-order valence-corrected chi connectivity index (χ2v) is 8.91. The van der Waals surface area contributed by atoms with Crippen LogP contribution in [0.15, 0.2) is 47.6 Å². The Balaban J connectivity index is 1.75. The van der Waals surface area contributed by atoms with Crippen LogP contribution >= 0.6 is 0 Å². The summed E-state index contributed by atoms with van der Waals surface area (Å²) >= 11 is 0. The van der Waals surface area contributed by atoms with Gasteiger partial charge in [0.2, 0.25) is 0 Å². The molecule has 3 rings (SSSR count). The number of fused-ring (bicyclic) bond motifs is 1. The van der Waals surface area contributed by atoms with E-state index in [1.165, 1.54) is 6.08 Å². The van der Waals surface area contributed by atoms with E-state index in [1.807, 2.05) is 32.9 Å². The summed E-state index contributed by atoms with van der Waals surface area (Å²) in [6.07, 6.45) is 3.93. The number of epoxide rings is 1. The number of aliphatic hydroxyl groups excluding tert-OH is 5. The molecule has 0 radical (unpaired) electrons. The summed E-state index contributed by atoms with van der Waals surface area (Å²) < 4.78 is 5.51. The lowest BCUT2D eigenvalue weighted by atomic mass is 9.65. The Hall–Kier alpha value is -1.28. The number of allylic oxidation sites excluding steroid dienone is 4. The standard InChI is InChI=1S/C22H32O6/c1-12(5-7-15-13(2)6-8-16(24)21(15,3)4)9-17(25)22-18(26)10-14(11-23)19(27)20(22)28-22/h5,7,9-10,15-20,23-27H,2,6,8,11H2,1,3-4H3/b7-5+,12-9-/t15-,16+,17-,18-,19+,20-,22+/m0/s1.